The van der Waals surface area contributed by atoms with Gasteiger partial charge in [0, 0.05) is 0 Å². The molecule has 0 aromatic heterocycles. The fourth-order valence-corrected chi connectivity index (χ4v) is 1.89. The smallest absolute Gasteiger partial charge is 0.504 e. The largest absolute Gasteiger partial charge is 0.511 e. The van der Waals surface area contributed by atoms with Crippen LogP contribution in [0, 0.1) is 0 Å². The molecule has 4 heteroatoms. The van der Waals surface area contributed by atoms with E-state index in [1.807, 2.05) is 19.1 Å². The van der Waals surface area contributed by atoms with Gasteiger partial charge < -0.3 is 14.9 Å². The Kier molecular flexibility index (Phi) is 5.49. The Morgan fingerprint density at radius 3 is 2.39 bits per heavy atom. The lowest BCUT2D eigenvalue weighted by Gasteiger charge is -2.13. The molecule has 0 amide bonds. The summed E-state index contributed by atoms with van der Waals surface area (Å²) >= 11 is 0. The van der Waals surface area contributed by atoms with E-state index in [1.165, 1.54) is 0 Å². The zero-order valence-corrected chi connectivity index (χ0v) is 10.9. The van der Waals surface area contributed by atoms with Gasteiger partial charge in [-0.3, -0.25) is 0 Å². The second-order valence-electron chi connectivity index (χ2n) is 4.28. The zero-order valence-electron chi connectivity index (χ0n) is 10.9. The minimum Gasteiger partial charge on any atom is -0.504 e. The lowest BCUT2D eigenvalue weighted by atomic mass is 10.0. The predicted octanol–water partition coefficient (Wildman–Crippen LogP) is 3.74. The van der Waals surface area contributed by atoms with Gasteiger partial charge in [-0.1, -0.05) is 38.8 Å². The lowest BCUT2D eigenvalue weighted by Crippen LogP contribution is -2.06. The Balaban J connectivity index is 3.08. The maximum absolute atomic E-state index is 10.7. The fourth-order valence-electron chi connectivity index (χ4n) is 1.89. The van der Waals surface area contributed by atoms with Gasteiger partial charge in [0.15, 0.2) is 11.5 Å². The SMILES string of the molecule is CCCCc1ccc(CCC)c(OC(=O)O)c1O. The summed E-state index contributed by atoms with van der Waals surface area (Å²) in [7, 11) is 0. The third kappa shape index (κ3) is 3.65. The molecule has 1 rings (SSSR count). The van der Waals surface area contributed by atoms with Crippen LogP contribution in [0.15, 0.2) is 12.1 Å². The first-order valence-electron chi connectivity index (χ1n) is 6.34. The number of carbonyl (C=O) groups is 1. The van der Waals surface area contributed by atoms with E-state index in [1.54, 1.807) is 0 Å². The summed E-state index contributed by atoms with van der Waals surface area (Å²) in [6, 6.07) is 3.69. The summed E-state index contributed by atoms with van der Waals surface area (Å²) in [4.78, 5) is 10.7. The van der Waals surface area contributed by atoms with E-state index in [4.69, 9.17) is 9.84 Å². The molecule has 1 aromatic carbocycles. The first-order chi connectivity index (χ1) is 8.60. The highest BCUT2D eigenvalue weighted by atomic mass is 16.7. The highest BCUT2D eigenvalue weighted by Gasteiger charge is 2.16. The molecular weight excluding hydrogens is 232 g/mol. The molecule has 0 radical (unpaired) electrons. The van der Waals surface area contributed by atoms with Crippen LogP contribution < -0.4 is 4.74 Å². The molecule has 0 saturated carbocycles. The fraction of sp³-hybridized carbons (Fsp3) is 0.500. The molecule has 0 bridgehead atoms. The van der Waals surface area contributed by atoms with E-state index >= 15 is 0 Å². The van der Waals surface area contributed by atoms with Gasteiger partial charge in [0.25, 0.3) is 0 Å². The van der Waals surface area contributed by atoms with E-state index in [0.717, 1.165) is 36.8 Å². The second kappa shape index (κ2) is 6.89. The highest BCUT2D eigenvalue weighted by molar-refractivity contribution is 5.65. The van der Waals surface area contributed by atoms with Crippen molar-refractivity contribution in [1.82, 2.24) is 0 Å². The number of phenolic OH excluding ortho intramolecular Hbond substituents is 1. The standard InChI is InChI=1S/C14H20O4/c1-3-5-7-10-8-9-11(6-4-2)13(12(10)15)18-14(16)17/h8-9,15H,3-7H2,1-2H3,(H,16,17). The van der Waals surface area contributed by atoms with Crippen LogP contribution in [-0.2, 0) is 12.8 Å². The number of benzene rings is 1. The van der Waals surface area contributed by atoms with Gasteiger partial charge in [-0.15, -0.1) is 0 Å². The molecule has 18 heavy (non-hydrogen) atoms. The van der Waals surface area contributed by atoms with Gasteiger partial charge in [0.1, 0.15) is 0 Å². The van der Waals surface area contributed by atoms with E-state index < -0.39 is 6.16 Å². The average Bonchev–Trinajstić information content (AvgIpc) is 2.32. The monoisotopic (exact) mass is 252 g/mol. The van der Waals surface area contributed by atoms with Gasteiger partial charge in [0.2, 0.25) is 0 Å². The van der Waals surface area contributed by atoms with Crippen molar-refractivity contribution in [2.75, 3.05) is 0 Å². The molecule has 100 valence electrons. The van der Waals surface area contributed by atoms with Gasteiger partial charge in [0.05, 0.1) is 0 Å². The molecule has 0 aliphatic carbocycles. The average molecular weight is 252 g/mol. The number of unbranched alkanes of at least 4 members (excludes halogenated alkanes) is 1. The van der Waals surface area contributed by atoms with E-state index in [0.29, 0.717) is 6.42 Å². The molecule has 0 saturated heterocycles. The minimum absolute atomic E-state index is 0.0307. The number of aryl methyl sites for hydroxylation is 2. The van der Waals surface area contributed by atoms with Crippen molar-refractivity contribution in [3.05, 3.63) is 23.3 Å². The van der Waals surface area contributed by atoms with E-state index in [9.17, 15) is 9.90 Å². The maximum Gasteiger partial charge on any atom is 0.511 e. The lowest BCUT2D eigenvalue weighted by molar-refractivity contribution is 0.142. The maximum atomic E-state index is 10.7. The van der Waals surface area contributed by atoms with Crippen molar-refractivity contribution in [1.29, 1.82) is 0 Å². The molecule has 2 N–H and O–H groups in total. The van der Waals surface area contributed by atoms with Crippen molar-refractivity contribution in [2.24, 2.45) is 0 Å². The van der Waals surface area contributed by atoms with Crippen LogP contribution in [0.5, 0.6) is 11.5 Å². The number of phenols is 1. The third-order valence-corrected chi connectivity index (χ3v) is 2.80. The van der Waals surface area contributed by atoms with Crippen molar-refractivity contribution in [2.45, 2.75) is 46.0 Å². The molecule has 0 fully saturated rings. The Labute approximate surface area is 107 Å². The molecule has 0 atom stereocenters. The summed E-state index contributed by atoms with van der Waals surface area (Å²) in [5.41, 5.74) is 1.48. The molecule has 1 aromatic rings. The number of hydrogen-bond donors (Lipinski definition) is 2. The van der Waals surface area contributed by atoms with Crippen LogP contribution in [0.4, 0.5) is 4.79 Å². The Hall–Kier alpha value is -1.71. The summed E-state index contributed by atoms with van der Waals surface area (Å²) in [6.07, 6.45) is 2.85. The summed E-state index contributed by atoms with van der Waals surface area (Å²) in [5.74, 6) is 0.0646. The van der Waals surface area contributed by atoms with Crippen LogP contribution in [0.1, 0.15) is 44.2 Å². The Bertz CT molecular complexity index is 413. The number of carboxylic acid groups (broad SMARTS) is 1. The Morgan fingerprint density at radius 1 is 1.17 bits per heavy atom. The number of ether oxygens (including phenoxy) is 1. The van der Waals surface area contributed by atoms with Gasteiger partial charge in [-0.05, 0) is 30.4 Å². The predicted molar refractivity (Wildman–Crippen MR) is 69.4 cm³/mol. The highest BCUT2D eigenvalue weighted by Crippen LogP contribution is 2.35. The number of rotatable bonds is 6. The van der Waals surface area contributed by atoms with Crippen molar-refractivity contribution >= 4 is 6.16 Å². The molecule has 0 aliphatic rings. The van der Waals surface area contributed by atoms with Crippen LogP contribution in [0.25, 0.3) is 0 Å². The molecular formula is C14H20O4. The number of hydrogen-bond acceptors (Lipinski definition) is 3. The Morgan fingerprint density at radius 2 is 1.83 bits per heavy atom. The molecule has 0 unspecified atom stereocenters. The van der Waals surface area contributed by atoms with Gasteiger partial charge in [-0.25, -0.2) is 4.79 Å². The van der Waals surface area contributed by atoms with Crippen LogP contribution in [-0.4, -0.2) is 16.4 Å². The number of aromatic hydroxyl groups is 1. The van der Waals surface area contributed by atoms with Gasteiger partial charge in [-0.2, -0.15) is 0 Å². The van der Waals surface area contributed by atoms with Crippen LogP contribution in [0.3, 0.4) is 0 Å². The van der Waals surface area contributed by atoms with Crippen LogP contribution >= 0.6 is 0 Å². The normalized spacial score (nSPS) is 10.3. The van der Waals surface area contributed by atoms with E-state index in [-0.39, 0.29) is 11.5 Å². The molecule has 0 spiro atoms. The first-order valence-corrected chi connectivity index (χ1v) is 6.34. The van der Waals surface area contributed by atoms with Crippen molar-refractivity contribution in [3.8, 4) is 11.5 Å². The van der Waals surface area contributed by atoms with Crippen molar-refractivity contribution < 1.29 is 19.7 Å². The summed E-state index contributed by atoms with van der Waals surface area (Å²) in [5, 5.41) is 18.8. The minimum atomic E-state index is -1.39. The topological polar surface area (TPSA) is 66.8 Å². The molecule has 4 nitrogen and oxygen atoms in total. The van der Waals surface area contributed by atoms with E-state index in [2.05, 4.69) is 6.92 Å². The second-order valence-corrected chi connectivity index (χ2v) is 4.28. The molecule has 0 aliphatic heterocycles. The first kappa shape index (κ1) is 14.4. The zero-order chi connectivity index (χ0) is 13.5. The quantitative estimate of drug-likeness (QED) is 0.597. The van der Waals surface area contributed by atoms with Crippen molar-refractivity contribution in [3.63, 3.8) is 0 Å². The van der Waals surface area contributed by atoms with Gasteiger partial charge >= 0.3 is 6.16 Å². The van der Waals surface area contributed by atoms with Crippen LogP contribution in [0.2, 0.25) is 0 Å². The third-order valence-electron chi connectivity index (χ3n) is 2.80. The summed E-state index contributed by atoms with van der Waals surface area (Å²) in [6.45, 7) is 4.06. The molecule has 0 heterocycles. The summed E-state index contributed by atoms with van der Waals surface area (Å²) < 4.78 is 4.72.